The molecule has 0 fully saturated rings. The molecule has 8 aromatic carbocycles. The molecule has 2 aliphatic rings. The van der Waals surface area contributed by atoms with Crippen LogP contribution in [0.15, 0.2) is 158 Å². The Bertz CT molecular complexity index is 3860. The van der Waals surface area contributed by atoms with E-state index in [1.54, 1.807) is 0 Å². The average Bonchev–Trinajstić information content (AvgIpc) is 2.51. The van der Waals surface area contributed by atoms with Crippen molar-refractivity contribution in [2.24, 2.45) is 0 Å². The molecule has 0 aliphatic heterocycles. The maximum absolute atomic E-state index is 6.99. The molecular weight excluding hydrogens is 1030 g/mol. The molecule has 0 N–H and O–H groups in total. The first-order valence-electron chi connectivity index (χ1n) is 31.9. The first-order valence-corrected chi connectivity index (χ1v) is 31.9. The molecule has 0 spiro atoms. The smallest absolute Gasteiger partial charge is 0.145 e. The van der Waals surface area contributed by atoms with E-state index in [1.807, 2.05) is 0 Å². The third kappa shape index (κ3) is 10.6. The number of ether oxygens (including phenoxy) is 1. The number of fused-ring (bicyclic) bond motifs is 4. The Hall–Kier alpha value is -7.50. The summed E-state index contributed by atoms with van der Waals surface area (Å²) in [4.78, 5) is 11.0. The first-order chi connectivity index (χ1) is 40.4. The molecule has 0 saturated heterocycles. The van der Waals surface area contributed by atoms with Crippen LogP contribution in [0.3, 0.4) is 0 Å². The Morgan fingerprint density at radius 3 is 1.04 bits per heavy atom. The third-order valence-electron chi connectivity index (χ3n) is 19.6. The van der Waals surface area contributed by atoms with Gasteiger partial charge in [-0.25, -0.2) is 9.97 Å². The van der Waals surface area contributed by atoms with Crippen LogP contribution in [-0.4, -0.2) is 19.1 Å². The lowest BCUT2D eigenvalue weighted by molar-refractivity contribution is 0.433. The van der Waals surface area contributed by atoms with Gasteiger partial charge in [0.05, 0.1) is 33.4 Å². The van der Waals surface area contributed by atoms with Crippen LogP contribution in [0, 0.1) is 0 Å². The summed E-state index contributed by atoms with van der Waals surface area (Å²) < 4.78 is 11.9. The molecule has 2 heterocycles. The van der Waals surface area contributed by atoms with Gasteiger partial charge >= 0.3 is 0 Å². The van der Waals surface area contributed by atoms with Crippen LogP contribution >= 0.6 is 0 Å². The van der Waals surface area contributed by atoms with Crippen LogP contribution in [0.5, 0.6) is 11.5 Å². The third-order valence-corrected chi connectivity index (χ3v) is 19.6. The lowest BCUT2D eigenvalue weighted by atomic mass is 9.74. The zero-order valence-corrected chi connectivity index (χ0v) is 53.8. The fraction of sp³-hybridized carbons (Fsp3) is 0.375. The first kappa shape index (κ1) is 57.9. The standard InChI is InChI=1S/C80H90N4O/c1-49(2)61-43-57(53-33-35-65-67(47-53)79(13,14)39-23-37-77(65,9)10)44-62(50(3)4)73(61)83-71-31-19-17-29-69(71)81-75(83)55-25-21-27-59(41-55)85-60-28-22-26-56(42-60)76-82-70-30-18-20-32-72(70)84(76)74-63(51(5)6)45-58(46-64(74)52(7)8)54-34-36-66-68(48-54)80(15,16)40-24-38-78(66,11)12/h17-22,25-36,41-52H,23-24,37-40H2,1-16H3. The second-order valence-corrected chi connectivity index (χ2v) is 29.1. The summed E-state index contributed by atoms with van der Waals surface area (Å²) in [5.74, 6) is 4.23. The van der Waals surface area contributed by atoms with Crippen molar-refractivity contribution >= 4 is 22.1 Å². The van der Waals surface area contributed by atoms with Crippen LogP contribution in [-0.2, 0) is 21.7 Å². The van der Waals surface area contributed by atoms with Gasteiger partial charge < -0.3 is 4.74 Å². The fourth-order valence-electron chi connectivity index (χ4n) is 14.6. The van der Waals surface area contributed by atoms with Gasteiger partial charge in [-0.15, -0.1) is 0 Å². The van der Waals surface area contributed by atoms with Gasteiger partial charge in [0, 0.05) is 11.1 Å². The molecule has 5 nitrogen and oxygen atoms in total. The zero-order valence-electron chi connectivity index (χ0n) is 53.8. The van der Waals surface area contributed by atoms with E-state index in [-0.39, 0.29) is 45.3 Å². The van der Waals surface area contributed by atoms with Crippen molar-refractivity contribution in [2.45, 2.75) is 195 Å². The van der Waals surface area contributed by atoms with Gasteiger partial charge in [0.2, 0.25) is 0 Å². The van der Waals surface area contributed by atoms with E-state index in [9.17, 15) is 0 Å². The van der Waals surface area contributed by atoms with Gasteiger partial charge in [-0.3, -0.25) is 9.13 Å². The number of rotatable bonds is 12. The number of imidazole rings is 2. The van der Waals surface area contributed by atoms with E-state index >= 15 is 0 Å². The van der Waals surface area contributed by atoms with Crippen LogP contribution in [0.25, 0.3) is 78.5 Å². The van der Waals surface area contributed by atoms with Crippen molar-refractivity contribution in [1.82, 2.24) is 19.1 Å². The number of para-hydroxylation sites is 4. The Morgan fingerprint density at radius 1 is 0.341 bits per heavy atom. The molecule has 2 aromatic heterocycles. The molecule has 12 rings (SSSR count). The second-order valence-electron chi connectivity index (χ2n) is 29.1. The minimum Gasteiger partial charge on any atom is -0.457 e. The van der Waals surface area contributed by atoms with E-state index in [4.69, 9.17) is 14.7 Å². The van der Waals surface area contributed by atoms with Gasteiger partial charge in [0.15, 0.2) is 0 Å². The second kappa shape index (κ2) is 21.8. The van der Waals surface area contributed by atoms with Crippen molar-refractivity contribution in [3.63, 3.8) is 0 Å². The van der Waals surface area contributed by atoms with Crippen LogP contribution < -0.4 is 4.74 Å². The molecule has 0 saturated carbocycles. The highest BCUT2D eigenvalue weighted by molar-refractivity contribution is 5.87. The molecule has 2 aliphatic carbocycles. The normalized spacial score (nSPS) is 16.3. The SMILES string of the molecule is CC(C)c1cc(-c2ccc3c(c2)C(C)(C)CCCC3(C)C)cc(C(C)C)c1-n1c(-c2cccc(Oc3cccc(-c4nc5ccccc5n4-c4c(C(C)C)cc(-c5ccc6c(c5)C(C)(C)CCCC6(C)C)cc4C(C)C)c3)c2)nc2ccccc21. The van der Waals surface area contributed by atoms with E-state index in [0.29, 0.717) is 0 Å². The Labute approximate surface area is 508 Å². The summed E-state index contributed by atoms with van der Waals surface area (Å²) in [5, 5.41) is 0. The maximum Gasteiger partial charge on any atom is 0.145 e. The lowest BCUT2D eigenvalue weighted by Crippen LogP contribution is -2.22. The number of hydrogen-bond acceptors (Lipinski definition) is 3. The highest BCUT2D eigenvalue weighted by Gasteiger charge is 2.37. The summed E-state index contributed by atoms with van der Waals surface area (Å²) in [5.41, 5.74) is 25.4. The van der Waals surface area contributed by atoms with Crippen molar-refractivity contribution in [2.75, 3.05) is 0 Å². The summed E-state index contributed by atoms with van der Waals surface area (Å²) in [6.45, 7) is 38.2. The summed E-state index contributed by atoms with van der Waals surface area (Å²) in [7, 11) is 0. The number of hydrogen-bond donors (Lipinski definition) is 0. The Morgan fingerprint density at radius 2 is 0.682 bits per heavy atom. The Balaban J connectivity index is 0.940. The average molecular weight is 1120 g/mol. The van der Waals surface area contributed by atoms with Crippen LogP contribution in [0.1, 0.15) is 217 Å². The fourth-order valence-corrected chi connectivity index (χ4v) is 14.6. The van der Waals surface area contributed by atoms with Gasteiger partial charge in [-0.05, 0) is 211 Å². The van der Waals surface area contributed by atoms with Gasteiger partial charge in [-0.1, -0.05) is 209 Å². The van der Waals surface area contributed by atoms with E-state index in [0.717, 1.165) is 56.3 Å². The number of benzene rings is 8. The number of nitrogens with zero attached hydrogens (tertiary/aromatic N) is 4. The monoisotopic (exact) mass is 1120 g/mol. The molecule has 0 unspecified atom stereocenters. The van der Waals surface area contributed by atoms with Crippen molar-refractivity contribution < 1.29 is 4.74 Å². The lowest BCUT2D eigenvalue weighted by Gasteiger charge is -2.31. The highest BCUT2D eigenvalue weighted by atomic mass is 16.5. The largest absolute Gasteiger partial charge is 0.457 e. The van der Waals surface area contributed by atoms with E-state index in [2.05, 4.69) is 278 Å². The molecule has 85 heavy (non-hydrogen) atoms. The minimum atomic E-state index is 0.105. The highest BCUT2D eigenvalue weighted by Crippen LogP contribution is 2.49. The molecule has 436 valence electrons. The molecule has 0 bridgehead atoms. The van der Waals surface area contributed by atoms with Gasteiger partial charge in [0.1, 0.15) is 23.1 Å². The molecule has 0 atom stereocenters. The molecular formula is C80H90N4O. The van der Waals surface area contributed by atoms with Crippen LogP contribution in [0.2, 0.25) is 0 Å². The molecule has 5 heteroatoms. The minimum absolute atomic E-state index is 0.105. The molecule has 0 radical (unpaired) electrons. The summed E-state index contributed by atoms with van der Waals surface area (Å²) >= 11 is 0. The Kier molecular flexibility index (Phi) is 14.8. The van der Waals surface area contributed by atoms with Gasteiger partial charge in [-0.2, -0.15) is 0 Å². The predicted molar refractivity (Wildman–Crippen MR) is 360 cm³/mol. The quantitative estimate of drug-likeness (QED) is 0.115. The van der Waals surface area contributed by atoms with Crippen molar-refractivity contribution in [3.8, 4) is 67.9 Å². The molecule has 10 aromatic rings. The van der Waals surface area contributed by atoms with E-state index in [1.165, 1.54) is 117 Å². The van der Waals surface area contributed by atoms with Crippen molar-refractivity contribution in [1.29, 1.82) is 0 Å². The summed E-state index contributed by atoms with van der Waals surface area (Å²) in [6.07, 6.45) is 7.30. The maximum atomic E-state index is 6.99. The van der Waals surface area contributed by atoms with Crippen LogP contribution in [0.4, 0.5) is 0 Å². The van der Waals surface area contributed by atoms with Crippen molar-refractivity contribution in [3.05, 3.63) is 202 Å². The van der Waals surface area contributed by atoms with E-state index < -0.39 is 0 Å². The zero-order chi connectivity index (χ0) is 60.1. The topological polar surface area (TPSA) is 44.9 Å². The number of aromatic nitrogens is 4. The molecule has 0 amide bonds. The summed E-state index contributed by atoms with van der Waals surface area (Å²) in [6, 6.07) is 58.9. The van der Waals surface area contributed by atoms with Gasteiger partial charge in [0.25, 0.3) is 0 Å². The predicted octanol–water partition coefficient (Wildman–Crippen LogP) is 22.8.